The first-order valence-corrected chi connectivity index (χ1v) is 7.98. The van der Waals surface area contributed by atoms with Crippen LogP contribution in [0.25, 0.3) is 0 Å². The van der Waals surface area contributed by atoms with E-state index in [9.17, 15) is 0 Å². The number of aliphatic imine (C=N–C) groups is 1. The number of para-hydroxylation sites is 1. The molecular weight excluding hydrogens is 326 g/mol. The smallest absolute Gasteiger partial charge is 0.193 e. The molecule has 0 fully saturated rings. The van der Waals surface area contributed by atoms with Crippen LogP contribution in [0.2, 0.25) is 5.02 Å². The first kappa shape index (κ1) is 18.1. The van der Waals surface area contributed by atoms with Gasteiger partial charge in [-0.3, -0.25) is 4.99 Å². The molecule has 0 aliphatic rings. The average Bonchev–Trinajstić information content (AvgIpc) is 2.58. The molecule has 0 saturated heterocycles. The van der Waals surface area contributed by atoms with Gasteiger partial charge in [-0.15, -0.1) is 0 Å². The molecule has 5 nitrogen and oxygen atoms in total. The molecule has 0 atom stereocenters. The summed E-state index contributed by atoms with van der Waals surface area (Å²) >= 11 is 6.22. The number of hydrogen-bond donors (Lipinski definition) is 2. The molecule has 0 aliphatic carbocycles. The number of rotatable bonds is 7. The van der Waals surface area contributed by atoms with Crippen molar-refractivity contribution in [1.29, 1.82) is 0 Å². The van der Waals surface area contributed by atoms with Gasteiger partial charge >= 0.3 is 0 Å². The number of halogens is 1. The third kappa shape index (κ3) is 5.15. The maximum absolute atomic E-state index is 6.22. The van der Waals surface area contributed by atoms with Crippen LogP contribution >= 0.6 is 11.6 Å². The van der Waals surface area contributed by atoms with Crippen LogP contribution in [0.15, 0.2) is 47.5 Å². The van der Waals surface area contributed by atoms with Crippen molar-refractivity contribution in [3.63, 3.8) is 0 Å². The zero-order chi connectivity index (χ0) is 17.4. The molecule has 0 aromatic heterocycles. The fourth-order valence-corrected chi connectivity index (χ4v) is 2.52. The van der Waals surface area contributed by atoms with Crippen molar-refractivity contribution in [2.75, 3.05) is 26.1 Å². The van der Waals surface area contributed by atoms with Gasteiger partial charge in [-0.25, -0.2) is 0 Å². The van der Waals surface area contributed by atoms with E-state index in [1.807, 2.05) is 36.4 Å². The Balaban J connectivity index is 1.95. The Morgan fingerprint density at radius 1 is 1.17 bits per heavy atom. The lowest BCUT2D eigenvalue weighted by Crippen LogP contribution is -2.23. The van der Waals surface area contributed by atoms with E-state index in [1.165, 1.54) is 0 Å². The maximum atomic E-state index is 6.22. The number of nitrogens with two attached hydrogens (primary N) is 1. The molecular formula is C18H22ClN3O2. The van der Waals surface area contributed by atoms with Gasteiger partial charge in [-0.2, -0.15) is 0 Å². The first-order chi connectivity index (χ1) is 11.6. The topological polar surface area (TPSA) is 68.9 Å². The summed E-state index contributed by atoms with van der Waals surface area (Å²) in [4.78, 5) is 4.35. The number of hydrogen-bond acceptors (Lipinski definition) is 3. The standard InChI is InChI=1S/C18H22ClN3O2/c1-23-12-14-5-3-4-6-17(14)22-18(20)21-10-9-13-7-8-15(24-2)11-16(13)19/h3-8,11H,9-10,12H2,1-2H3,(H3,20,21,22). The SMILES string of the molecule is COCc1ccccc1NC(N)=NCCc1ccc(OC)cc1Cl. The fraction of sp³-hybridized carbons (Fsp3) is 0.278. The Hall–Kier alpha value is -2.24. The van der Waals surface area contributed by atoms with Crippen molar-refractivity contribution in [3.8, 4) is 5.75 Å². The average molecular weight is 348 g/mol. The van der Waals surface area contributed by atoms with Crippen molar-refractivity contribution in [2.24, 2.45) is 10.7 Å². The van der Waals surface area contributed by atoms with E-state index in [1.54, 1.807) is 20.3 Å². The van der Waals surface area contributed by atoms with Crippen molar-refractivity contribution in [1.82, 2.24) is 0 Å². The van der Waals surface area contributed by atoms with Gasteiger partial charge in [0.15, 0.2) is 5.96 Å². The highest BCUT2D eigenvalue weighted by Gasteiger charge is 2.04. The summed E-state index contributed by atoms with van der Waals surface area (Å²) in [5.74, 6) is 1.10. The molecule has 2 aromatic carbocycles. The Labute approximate surface area is 147 Å². The summed E-state index contributed by atoms with van der Waals surface area (Å²) in [5.41, 5.74) is 8.89. The van der Waals surface area contributed by atoms with Crippen molar-refractivity contribution >= 4 is 23.2 Å². The number of guanidine groups is 1. The minimum absolute atomic E-state index is 0.364. The summed E-state index contributed by atoms with van der Waals surface area (Å²) in [6.45, 7) is 1.05. The highest BCUT2D eigenvalue weighted by atomic mass is 35.5. The molecule has 2 rings (SSSR count). The Kier molecular flexibility index (Phi) is 6.90. The van der Waals surface area contributed by atoms with Crippen molar-refractivity contribution in [3.05, 3.63) is 58.6 Å². The van der Waals surface area contributed by atoms with Gasteiger partial charge < -0.3 is 20.5 Å². The van der Waals surface area contributed by atoms with E-state index >= 15 is 0 Å². The van der Waals surface area contributed by atoms with E-state index in [0.29, 0.717) is 30.6 Å². The summed E-state index contributed by atoms with van der Waals surface area (Å²) in [6, 6.07) is 13.4. The summed E-state index contributed by atoms with van der Waals surface area (Å²) in [6.07, 6.45) is 0.699. The highest BCUT2D eigenvalue weighted by Crippen LogP contribution is 2.22. The van der Waals surface area contributed by atoms with Crippen LogP contribution in [-0.4, -0.2) is 26.7 Å². The highest BCUT2D eigenvalue weighted by molar-refractivity contribution is 6.31. The maximum Gasteiger partial charge on any atom is 0.193 e. The molecule has 0 radical (unpaired) electrons. The molecule has 0 unspecified atom stereocenters. The predicted octanol–water partition coefficient (Wildman–Crippen LogP) is 3.46. The van der Waals surface area contributed by atoms with E-state index in [2.05, 4.69) is 10.3 Å². The van der Waals surface area contributed by atoms with Crippen LogP contribution < -0.4 is 15.8 Å². The number of nitrogens with zero attached hydrogens (tertiary/aromatic N) is 1. The molecule has 24 heavy (non-hydrogen) atoms. The second-order valence-electron chi connectivity index (χ2n) is 5.19. The molecule has 0 aliphatic heterocycles. The normalized spacial score (nSPS) is 11.4. The zero-order valence-electron chi connectivity index (χ0n) is 13.9. The number of methoxy groups -OCH3 is 2. The van der Waals surface area contributed by atoms with Crippen LogP contribution in [0.5, 0.6) is 5.75 Å². The summed E-state index contributed by atoms with van der Waals surface area (Å²) in [7, 11) is 3.27. The minimum atomic E-state index is 0.364. The third-order valence-electron chi connectivity index (χ3n) is 3.50. The second kappa shape index (κ2) is 9.15. The zero-order valence-corrected chi connectivity index (χ0v) is 14.6. The molecule has 0 amide bonds. The number of nitrogens with one attached hydrogen (secondary N) is 1. The van der Waals surface area contributed by atoms with E-state index < -0.39 is 0 Å². The Morgan fingerprint density at radius 2 is 1.96 bits per heavy atom. The fourth-order valence-electron chi connectivity index (χ4n) is 2.26. The van der Waals surface area contributed by atoms with Gasteiger partial charge in [-0.05, 0) is 30.2 Å². The van der Waals surface area contributed by atoms with Gasteiger partial charge in [0.1, 0.15) is 5.75 Å². The van der Waals surface area contributed by atoms with E-state index in [-0.39, 0.29) is 0 Å². The molecule has 128 valence electrons. The largest absolute Gasteiger partial charge is 0.497 e. The quantitative estimate of drug-likeness (QED) is 0.594. The predicted molar refractivity (Wildman–Crippen MR) is 99.0 cm³/mol. The monoisotopic (exact) mass is 347 g/mol. The van der Waals surface area contributed by atoms with E-state index in [0.717, 1.165) is 22.6 Å². The third-order valence-corrected chi connectivity index (χ3v) is 3.86. The van der Waals surface area contributed by atoms with Crippen LogP contribution in [0.4, 0.5) is 5.69 Å². The molecule has 3 N–H and O–H groups in total. The number of anilines is 1. The lowest BCUT2D eigenvalue weighted by atomic mass is 10.1. The lowest BCUT2D eigenvalue weighted by Gasteiger charge is -2.11. The molecule has 6 heteroatoms. The molecule has 0 heterocycles. The van der Waals surface area contributed by atoms with Crippen molar-refractivity contribution in [2.45, 2.75) is 13.0 Å². The van der Waals surface area contributed by atoms with Gasteiger partial charge in [0.2, 0.25) is 0 Å². The van der Waals surface area contributed by atoms with Crippen LogP contribution in [-0.2, 0) is 17.8 Å². The summed E-state index contributed by atoms with van der Waals surface area (Å²) in [5, 5.41) is 3.78. The number of ether oxygens (including phenoxy) is 2. The molecule has 0 saturated carbocycles. The summed E-state index contributed by atoms with van der Waals surface area (Å²) < 4.78 is 10.3. The molecule has 0 bridgehead atoms. The van der Waals surface area contributed by atoms with Gasteiger partial charge in [-0.1, -0.05) is 35.9 Å². The Morgan fingerprint density at radius 3 is 2.67 bits per heavy atom. The molecule has 2 aromatic rings. The molecule has 0 spiro atoms. The van der Waals surface area contributed by atoms with E-state index in [4.69, 9.17) is 26.8 Å². The first-order valence-electron chi connectivity index (χ1n) is 7.60. The second-order valence-corrected chi connectivity index (χ2v) is 5.60. The lowest BCUT2D eigenvalue weighted by molar-refractivity contribution is 0.185. The van der Waals surface area contributed by atoms with Gasteiger partial charge in [0, 0.05) is 29.9 Å². The Bertz CT molecular complexity index is 704. The minimum Gasteiger partial charge on any atom is -0.497 e. The van der Waals surface area contributed by atoms with Crippen LogP contribution in [0.3, 0.4) is 0 Å². The van der Waals surface area contributed by atoms with Crippen molar-refractivity contribution < 1.29 is 9.47 Å². The number of benzene rings is 2. The van der Waals surface area contributed by atoms with Crippen LogP contribution in [0.1, 0.15) is 11.1 Å². The van der Waals surface area contributed by atoms with Gasteiger partial charge in [0.05, 0.1) is 13.7 Å². The van der Waals surface area contributed by atoms with Gasteiger partial charge in [0.25, 0.3) is 0 Å². The van der Waals surface area contributed by atoms with Crippen LogP contribution in [0, 0.1) is 0 Å².